The summed E-state index contributed by atoms with van der Waals surface area (Å²) in [4.78, 5) is 40.4. The first-order valence-corrected chi connectivity index (χ1v) is 13.6. The van der Waals surface area contributed by atoms with Crippen LogP contribution in [0.25, 0.3) is 0 Å². The summed E-state index contributed by atoms with van der Waals surface area (Å²) in [6.45, 7) is 13.4. The molecule has 4 rings (SSSR count). The van der Waals surface area contributed by atoms with E-state index in [0.717, 1.165) is 11.6 Å². The number of aliphatic hydroxyl groups excluding tert-OH is 3. The summed E-state index contributed by atoms with van der Waals surface area (Å²) >= 11 is 0. The number of aliphatic hydroxyl groups is 5. The van der Waals surface area contributed by atoms with E-state index in [9.17, 15) is 39.9 Å². The first-order valence-electron chi connectivity index (χ1n) is 13.6. The topological polar surface area (TPSA) is 152 Å². The van der Waals surface area contributed by atoms with Gasteiger partial charge in [0.15, 0.2) is 11.6 Å². The predicted octanol–water partition coefficient (Wildman–Crippen LogP) is 2.81. The third kappa shape index (κ3) is 3.59. The highest BCUT2D eigenvalue weighted by Gasteiger charge is 2.74. The fourth-order valence-corrected chi connectivity index (χ4v) is 8.95. The highest BCUT2D eigenvalue weighted by Crippen LogP contribution is 2.74. The van der Waals surface area contributed by atoms with Crippen LogP contribution >= 0.6 is 0 Å². The summed E-state index contributed by atoms with van der Waals surface area (Å²) in [5.41, 5.74) is -6.23. The van der Waals surface area contributed by atoms with Crippen molar-refractivity contribution >= 4 is 17.3 Å². The van der Waals surface area contributed by atoms with Gasteiger partial charge in [0, 0.05) is 35.7 Å². The number of ketones is 3. The molecule has 0 spiro atoms. The van der Waals surface area contributed by atoms with Crippen molar-refractivity contribution in [3.05, 3.63) is 23.5 Å². The number of Topliss-reactive ketones (excluding diaryl/α,β-unsaturated/α-hetero) is 2. The van der Waals surface area contributed by atoms with Crippen molar-refractivity contribution < 1.29 is 39.9 Å². The maximum absolute atomic E-state index is 14.2. The van der Waals surface area contributed by atoms with Gasteiger partial charge < -0.3 is 25.5 Å². The molecule has 8 nitrogen and oxygen atoms in total. The first-order chi connectivity index (χ1) is 17.1. The zero-order chi connectivity index (χ0) is 29.0. The van der Waals surface area contributed by atoms with Crippen molar-refractivity contribution in [2.24, 2.45) is 39.4 Å². The number of carbonyl (C=O) groups is 3. The maximum Gasteiger partial charge on any atom is 0.190 e. The Kier molecular flexibility index (Phi) is 6.38. The molecule has 9 atom stereocenters. The molecule has 0 radical (unpaired) electrons. The number of hydrogen-bond donors (Lipinski definition) is 5. The van der Waals surface area contributed by atoms with E-state index in [0.29, 0.717) is 6.42 Å². The van der Waals surface area contributed by atoms with E-state index in [1.807, 2.05) is 34.6 Å². The van der Waals surface area contributed by atoms with E-state index in [2.05, 4.69) is 6.08 Å². The van der Waals surface area contributed by atoms with Crippen LogP contribution in [0.5, 0.6) is 0 Å². The zero-order valence-electron chi connectivity index (χ0n) is 23.8. The second-order valence-corrected chi connectivity index (χ2v) is 14.4. The third-order valence-corrected chi connectivity index (χ3v) is 11.4. The summed E-state index contributed by atoms with van der Waals surface area (Å²) in [7, 11) is 0. The zero-order valence-corrected chi connectivity index (χ0v) is 23.8. The number of rotatable bonds is 4. The lowest BCUT2D eigenvalue weighted by Crippen LogP contribution is -2.65. The van der Waals surface area contributed by atoms with E-state index in [1.165, 1.54) is 20.8 Å². The molecule has 3 saturated carbocycles. The van der Waals surface area contributed by atoms with Gasteiger partial charge in [-0.05, 0) is 56.3 Å². The van der Waals surface area contributed by atoms with Crippen molar-refractivity contribution in [1.29, 1.82) is 0 Å². The van der Waals surface area contributed by atoms with Crippen LogP contribution in [0.2, 0.25) is 0 Å². The van der Waals surface area contributed by atoms with Gasteiger partial charge in [0.1, 0.15) is 28.8 Å². The summed E-state index contributed by atoms with van der Waals surface area (Å²) < 4.78 is 0. The molecule has 0 aromatic rings. The second kappa shape index (κ2) is 8.32. The molecule has 0 aromatic carbocycles. The van der Waals surface area contributed by atoms with E-state index in [1.54, 1.807) is 0 Å². The predicted molar refractivity (Wildman–Crippen MR) is 140 cm³/mol. The van der Waals surface area contributed by atoms with Crippen LogP contribution in [0, 0.1) is 39.4 Å². The van der Waals surface area contributed by atoms with Crippen molar-refractivity contribution in [3.63, 3.8) is 0 Å². The molecule has 5 N–H and O–H groups in total. The molecule has 0 saturated heterocycles. The molecule has 3 fully saturated rings. The van der Waals surface area contributed by atoms with Crippen LogP contribution in [0.15, 0.2) is 23.5 Å². The fraction of sp³-hybridized carbons (Fsp3) is 0.767. The van der Waals surface area contributed by atoms with E-state index >= 15 is 0 Å². The second-order valence-electron chi connectivity index (χ2n) is 14.4. The molecular formula is C30H44O8. The lowest BCUT2D eigenvalue weighted by molar-refractivity contribution is -0.183. The number of allylic oxidation sites excluding steroid dienone is 1. The molecule has 0 bridgehead atoms. The van der Waals surface area contributed by atoms with Crippen LogP contribution in [0.3, 0.4) is 0 Å². The minimum atomic E-state index is -2.12. The average Bonchev–Trinajstić information content (AvgIpc) is 2.97. The quantitative estimate of drug-likeness (QED) is 0.211. The fourth-order valence-electron chi connectivity index (χ4n) is 8.95. The minimum absolute atomic E-state index is 0.00377. The highest BCUT2D eigenvalue weighted by atomic mass is 16.3. The Bertz CT molecular complexity index is 1140. The third-order valence-electron chi connectivity index (χ3n) is 11.4. The van der Waals surface area contributed by atoms with Crippen LogP contribution in [0.4, 0.5) is 0 Å². The molecule has 4 aliphatic carbocycles. The van der Waals surface area contributed by atoms with Gasteiger partial charge >= 0.3 is 0 Å². The highest BCUT2D eigenvalue weighted by molar-refractivity contribution is 5.98. The molecule has 0 heterocycles. The van der Waals surface area contributed by atoms with Gasteiger partial charge in [-0.25, -0.2) is 0 Å². The Morgan fingerprint density at radius 1 is 1.03 bits per heavy atom. The monoisotopic (exact) mass is 532 g/mol. The van der Waals surface area contributed by atoms with Crippen molar-refractivity contribution in [2.45, 2.75) is 104 Å². The van der Waals surface area contributed by atoms with Crippen molar-refractivity contribution in [3.8, 4) is 0 Å². The Balaban J connectivity index is 1.81. The standard InChI is InChI=1S/C30H44O8/c1-25(2)15-9-10-19-27(5)13-18(32)23(30(8,38)21(34)12-20(33)26(3,4)37)28(27,6)14-22(35)29(19,7)16(15)11-17(31)24(25)36/h9,12,16,18-19,23-24,32-33,36-38H,10-11,13-14H2,1-8H3/b20-12-/t16-,18-,19+,23+,24+,27+,28-,29+,30+/m1/s1. The molecule has 8 heteroatoms. The smallest absolute Gasteiger partial charge is 0.190 e. The normalized spacial score (nSPS) is 44.5. The van der Waals surface area contributed by atoms with Gasteiger partial charge in [-0.1, -0.05) is 46.3 Å². The Labute approximate surface area is 224 Å². The molecule has 0 unspecified atom stereocenters. The van der Waals surface area contributed by atoms with Crippen molar-refractivity contribution in [2.75, 3.05) is 0 Å². The number of fused-ring (bicyclic) bond motifs is 5. The van der Waals surface area contributed by atoms with Gasteiger partial charge in [-0.3, -0.25) is 14.4 Å². The SMILES string of the molecule is CC(C)(O)/C(O)=C/C(=O)[C@](C)(O)[C@H]1[C@H](O)C[C@@]2(C)[C@@H]3CC=C4[C@@H](CC(=O)[C@H](O)C4(C)C)[C@]3(C)C(=O)C[C@]12C. The van der Waals surface area contributed by atoms with Gasteiger partial charge in [0.05, 0.1) is 6.10 Å². The van der Waals surface area contributed by atoms with Gasteiger partial charge in [0.25, 0.3) is 0 Å². The Hall–Kier alpha value is -1.87. The Morgan fingerprint density at radius 2 is 1.61 bits per heavy atom. The largest absolute Gasteiger partial charge is 0.509 e. The molecule has 0 aromatic heterocycles. The van der Waals surface area contributed by atoms with Gasteiger partial charge in [-0.15, -0.1) is 0 Å². The molecule has 0 amide bonds. The van der Waals surface area contributed by atoms with Crippen molar-refractivity contribution in [1.82, 2.24) is 0 Å². The maximum atomic E-state index is 14.2. The van der Waals surface area contributed by atoms with E-state index < -0.39 is 62.5 Å². The molecule has 4 aliphatic rings. The lowest BCUT2D eigenvalue weighted by Gasteiger charge is -2.64. The molecule has 38 heavy (non-hydrogen) atoms. The molecule has 0 aliphatic heterocycles. The average molecular weight is 533 g/mol. The lowest BCUT2D eigenvalue weighted by atomic mass is 9.38. The first kappa shape index (κ1) is 29.1. The van der Waals surface area contributed by atoms with Crippen LogP contribution < -0.4 is 0 Å². The summed E-state index contributed by atoms with van der Waals surface area (Å²) in [5, 5.41) is 54.0. The van der Waals surface area contributed by atoms with Crippen LogP contribution in [-0.4, -0.2) is 66.3 Å². The minimum Gasteiger partial charge on any atom is -0.509 e. The van der Waals surface area contributed by atoms with Gasteiger partial charge in [-0.2, -0.15) is 0 Å². The summed E-state index contributed by atoms with van der Waals surface area (Å²) in [6, 6.07) is 0. The molecular weight excluding hydrogens is 488 g/mol. The van der Waals surface area contributed by atoms with E-state index in [-0.39, 0.29) is 42.7 Å². The Morgan fingerprint density at radius 3 is 2.16 bits per heavy atom. The number of hydrogen-bond acceptors (Lipinski definition) is 8. The van der Waals surface area contributed by atoms with E-state index in [4.69, 9.17) is 0 Å². The number of carbonyl (C=O) groups excluding carboxylic acids is 3. The van der Waals surface area contributed by atoms with Gasteiger partial charge in [0.2, 0.25) is 0 Å². The van der Waals surface area contributed by atoms with Crippen LogP contribution in [-0.2, 0) is 14.4 Å². The van der Waals surface area contributed by atoms with Crippen LogP contribution in [0.1, 0.15) is 81.1 Å². The summed E-state index contributed by atoms with van der Waals surface area (Å²) in [6.07, 6.45) is 1.47. The summed E-state index contributed by atoms with van der Waals surface area (Å²) in [5.74, 6) is -3.45. The molecule has 212 valence electrons.